The van der Waals surface area contributed by atoms with E-state index in [9.17, 15) is 0 Å². The fourth-order valence-corrected chi connectivity index (χ4v) is 12.4. The van der Waals surface area contributed by atoms with Crippen LogP contribution in [0, 0.1) is 0 Å². The van der Waals surface area contributed by atoms with E-state index in [1.165, 1.54) is 8.79 Å². The first-order valence-electron chi connectivity index (χ1n) is 6.94. The quantitative estimate of drug-likeness (QED) is 0.606. The summed E-state index contributed by atoms with van der Waals surface area (Å²) in [4.78, 5) is 0. The molecule has 1 aromatic carbocycles. The first kappa shape index (κ1) is 16.9. The average molecular weight is 408 g/mol. The van der Waals surface area contributed by atoms with Crippen LogP contribution in [-0.4, -0.2) is 24.7 Å². The molecule has 1 rings (SSSR count). The topological polar surface area (TPSA) is 0 Å². The van der Waals surface area contributed by atoms with Crippen molar-refractivity contribution in [2.45, 2.75) is 48.7 Å². The van der Waals surface area contributed by atoms with Gasteiger partial charge in [-0.25, -0.2) is 0 Å². The summed E-state index contributed by atoms with van der Waals surface area (Å²) in [7, 11) is 13.7. The van der Waals surface area contributed by atoms with E-state index >= 15 is 0 Å². The minimum absolute atomic E-state index is 1.15. The van der Waals surface area contributed by atoms with E-state index in [2.05, 4.69) is 52.0 Å². The number of halogens is 2. The maximum absolute atomic E-state index is 6.84. The van der Waals surface area contributed by atoms with Crippen molar-refractivity contribution in [2.75, 3.05) is 0 Å². The predicted octanol–water partition coefficient (Wildman–Crippen LogP) is 4.55. The molecule has 1 aromatic rings. The summed E-state index contributed by atoms with van der Waals surface area (Å²) >= 11 is -4.51. The zero-order valence-corrected chi connectivity index (χ0v) is 17.6. The van der Waals surface area contributed by atoms with Gasteiger partial charge in [-0.3, -0.25) is 0 Å². The molecule has 0 N–H and O–H groups in total. The van der Waals surface area contributed by atoms with Gasteiger partial charge >= 0.3 is 126 Å². The molecule has 0 amide bonds. The fourth-order valence-electron chi connectivity index (χ4n) is 2.38. The van der Waals surface area contributed by atoms with E-state index in [1.54, 1.807) is 0 Å². The van der Waals surface area contributed by atoms with Crippen LogP contribution in [0.2, 0.25) is 21.0 Å². The van der Waals surface area contributed by atoms with Crippen molar-refractivity contribution < 1.29 is 0 Å². The van der Waals surface area contributed by atoms with Crippen molar-refractivity contribution in [3.63, 3.8) is 0 Å². The summed E-state index contributed by atoms with van der Waals surface area (Å²) in [5, 5.41) is 4.58. The van der Waals surface area contributed by atoms with Crippen LogP contribution >= 0.6 is 20.0 Å². The summed E-state index contributed by atoms with van der Waals surface area (Å²) in [6.07, 6.45) is 0. The van der Waals surface area contributed by atoms with Crippen molar-refractivity contribution in [1.29, 1.82) is 0 Å². The van der Waals surface area contributed by atoms with Crippen LogP contribution in [0.5, 0.6) is 0 Å². The van der Waals surface area contributed by atoms with E-state index in [0.717, 1.165) is 21.0 Å². The molecule has 0 atom stereocenters. The first-order chi connectivity index (χ1) is 8.45. The van der Waals surface area contributed by atoms with Gasteiger partial charge in [-0.05, 0) is 0 Å². The molecule has 0 aliphatic rings. The molecule has 0 fully saturated rings. The molecule has 0 saturated carbocycles. The molecule has 0 nitrogen and oxygen atoms in total. The molecule has 102 valence electrons. The second-order valence-electron chi connectivity index (χ2n) is 4.92. The van der Waals surface area contributed by atoms with Crippen LogP contribution < -0.4 is 8.79 Å². The van der Waals surface area contributed by atoms with Gasteiger partial charge in [0.25, 0.3) is 0 Å². The van der Waals surface area contributed by atoms with Crippen LogP contribution in [-0.2, 0) is 0 Å². The van der Waals surface area contributed by atoms with Crippen molar-refractivity contribution in [3.8, 4) is 0 Å². The Morgan fingerprint density at radius 3 is 1.06 bits per heavy atom. The Bertz CT molecular complexity index is 331. The normalized spacial score (nSPS) is 12.8. The summed E-state index contributed by atoms with van der Waals surface area (Å²) in [6.45, 7) is 8.91. The Hall–Kier alpha value is 0.886. The zero-order chi connectivity index (χ0) is 13.8. The second-order valence-corrected chi connectivity index (χ2v) is 28.9. The molecule has 0 aliphatic carbocycles. The van der Waals surface area contributed by atoms with E-state index in [-0.39, 0.29) is 0 Å². The number of rotatable bonds is 6. The van der Waals surface area contributed by atoms with E-state index in [1.807, 2.05) is 0 Å². The van der Waals surface area contributed by atoms with E-state index in [0.29, 0.717) is 0 Å². The first-order valence-corrected chi connectivity index (χ1v) is 20.5. The number of hydrogen-bond donors (Lipinski definition) is 0. The van der Waals surface area contributed by atoms with Gasteiger partial charge in [-0.2, -0.15) is 0 Å². The van der Waals surface area contributed by atoms with Gasteiger partial charge in [0.05, 0.1) is 0 Å². The van der Waals surface area contributed by atoms with Gasteiger partial charge in [0, 0.05) is 0 Å². The molecule has 0 spiro atoms. The van der Waals surface area contributed by atoms with Crippen molar-refractivity contribution in [1.82, 2.24) is 0 Å². The molecule has 0 unspecified atom stereocenters. The third kappa shape index (κ3) is 3.50. The Morgan fingerprint density at radius 1 is 0.667 bits per heavy atom. The molecule has 0 heterocycles. The molecule has 0 bridgehead atoms. The second kappa shape index (κ2) is 7.06. The summed E-state index contributed by atoms with van der Waals surface area (Å²) in [6, 6.07) is 9.07. The molecule has 18 heavy (non-hydrogen) atoms. The fraction of sp³-hybridized carbons (Fsp3) is 0.571. The van der Waals surface area contributed by atoms with Crippen LogP contribution in [0.15, 0.2) is 24.3 Å². The molecule has 0 aliphatic heterocycles. The molecule has 4 heteroatoms. The minimum atomic E-state index is -2.26. The summed E-state index contributed by atoms with van der Waals surface area (Å²) in [5.74, 6) is 0. The standard InChI is InChI=1S/C14H24Cl2Ge2/c1-5-17(15,6-2)13-9-11-14(12-10-13)18(16,7-3)8-4/h9-12H,5-8H2,1-4H3. The predicted molar refractivity (Wildman–Crippen MR) is 90.8 cm³/mol. The van der Waals surface area contributed by atoms with Gasteiger partial charge in [0.15, 0.2) is 0 Å². The molecular formula is C14H24Cl2Ge2. The Labute approximate surface area is 126 Å². The Balaban J connectivity index is 3.06. The Morgan fingerprint density at radius 2 is 0.889 bits per heavy atom. The van der Waals surface area contributed by atoms with Gasteiger partial charge in [0.1, 0.15) is 0 Å². The molecule has 0 saturated heterocycles. The van der Waals surface area contributed by atoms with E-state index < -0.39 is 24.7 Å². The third-order valence-corrected chi connectivity index (χ3v) is 27.1. The zero-order valence-electron chi connectivity index (χ0n) is 11.9. The van der Waals surface area contributed by atoms with Crippen molar-refractivity contribution in [3.05, 3.63) is 24.3 Å². The SMILES string of the molecule is C[CH2][Ge]([Cl])([CH2]C)[c]1cc[c]([Ge]([Cl])([CH2]C)[CH2]C)cc1. The van der Waals surface area contributed by atoms with Gasteiger partial charge < -0.3 is 0 Å². The van der Waals surface area contributed by atoms with Crippen LogP contribution in [0.3, 0.4) is 0 Å². The van der Waals surface area contributed by atoms with Gasteiger partial charge in [0.2, 0.25) is 0 Å². The molecular weight excluding hydrogens is 384 g/mol. The molecule has 0 radical (unpaired) electrons. The number of benzene rings is 1. The van der Waals surface area contributed by atoms with E-state index in [4.69, 9.17) is 20.0 Å². The monoisotopic (exact) mass is 410 g/mol. The van der Waals surface area contributed by atoms with Gasteiger partial charge in [-0.15, -0.1) is 0 Å². The van der Waals surface area contributed by atoms with Crippen LogP contribution in [0.4, 0.5) is 0 Å². The van der Waals surface area contributed by atoms with Crippen molar-refractivity contribution >= 4 is 53.5 Å². The van der Waals surface area contributed by atoms with Crippen LogP contribution in [0.25, 0.3) is 0 Å². The number of hydrogen-bond acceptors (Lipinski definition) is 0. The third-order valence-electron chi connectivity index (χ3n) is 4.16. The molecule has 0 aromatic heterocycles. The summed E-state index contributed by atoms with van der Waals surface area (Å²) in [5.41, 5.74) is 0. The van der Waals surface area contributed by atoms with Crippen LogP contribution in [0.1, 0.15) is 27.7 Å². The summed E-state index contributed by atoms with van der Waals surface area (Å²) < 4.78 is 2.83. The van der Waals surface area contributed by atoms with Crippen molar-refractivity contribution in [2.24, 2.45) is 0 Å². The Kier molecular flexibility index (Phi) is 6.64. The van der Waals surface area contributed by atoms with Gasteiger partial charge in [-0.1, -0.05) is 0 Å². The average Bonchev–Trinajstić information content (AvgIpc) is 2.45. The maximum atomic E-state index is 6.84.